The molecule has 3 aromatic rings. The molecule has 1 fully saturated rings. The molecule has 31 heavy (non-hydrogen) atoms. The van der Waals surface area contributed by atoms with Gasteiger partial charge in [0.05, 0.1) is 12.0 Å². The lowest BCUT2D eigenvalue weighted by molar-refractivity contribution is -0.126. The Kier molecular flexibility index (Phi) is 5.33. The van der Waals surface area contributed by atoms with Crippen LogP contribution in [0.25, 0.3) is 0 Å². The number of anilines is 2. The second kappa shape index (κ2) is 8.42. The first-order valence-corrected chi connectivity index (χ1v) is 10.9. The van der Waals surface area contributed by atoms with Crippen LogP contribution >= 0.6 is 0 Å². The predicted molar refractivity (Wildman–Crippen MR) is 122 cm³/mol. The average molecular weight is 416 g/mol. The van der Waals surface area contributed by atoms with Crippen LogP contribution < -0.4 is 15.1 Å². The Morgan fingerprint density at radius 1 is 0.935 bits per heavy atom. The molecule has 4 nitrogen and oxygen atoms in total. The number of carbonyl (C=O) groups is 1. The van der Waals surface area contributed by atoms with Crippen molar-refractivity contribution in [1.29, 1.82) is 0 Å². The highest BCUT2D eigenvalue weighted by Crippen LogP contribution is 2.36. The second-order valence-electron chi connectivity index (χ2n) is 8.29. The van der Waals surface area contributed by atoms with Crippen molar-refractivity contribution >= 4 is 17.3 Å². The number of piperazine rings is 1. The van der Waals surface area contributed by atoms with Crippen molar-refractivity contribution in [3.8, 4) is 0 Å². The van der Waals surface area contributed by atoms with Crippen LogP contribution in [-0.4, -0.2) is 31.6 Å². The Hall–Kier alpha value is -3.34. The first-order valence-electron chi connectivity index (χ1n) is 10.9. The van der Waals surface area contributed by atoms with Crippen molar-refractivity contribution in [2.45, 2.75) is 19.0 Å². The van der Waals surface area contributed by atoms with Crippen LogP contribution in [-0.2, 0) is 17.8 Å². The molecule has 1 saturated heterocycles. The molecule has 0 radical (unpaired) electrons. The van der Waals surface area contributed by atoms with Crippen LogP contribution in [0.5, 0.6) is 0 Å². The zero-order valence-electron chi connectivity index (χ0n) is 17.4. The summed E-state index contributed by atoms with van der Waals surface area (Å²) in [6, 6.07) is 25.4. The standard InChI is InChI=1S/C26H26FN3O/c27-23-12-6-4-9-20(23)17-28-26(31)22-16-19-8-5-7-13-24(19)30-15-14-29(18-25(22)30)21-10-2-1-3-11-21/h1-13,22,25H,14-18H2,(H,28,31)/t22-,25+/m1/s1. The third-order valence-electron chi connectivity index (χ3n) is 6.49. The molecule has 1 amide bonds. The van der Waals surface area contributed by atoms with E-state index in [4.69, 9.17) is 0 Å². The summed E-state index contributed by atoms with van der Waals surface area (Å²) in [6.45, 7) is 2.78. The molecule has 2 aliphatic rings. The number of fused-ring (bicyclic) bond motifs is 3. The summed E-state index contributed by atoms with van der Waals surface area (Å²) >= 11 is 0. The van der Waals surface area contributed by atoms with Crippen LogP contribution in [0.3, 0.4) is 0 Å². The van der Waals surface area contributed by atoms with E-state index < -0.39 is 0 Å². The van der Waals surface area contributed by atoms with Crippen molar-refractivity contribution in [2.75, 3.05) is 29.4 Å². The summed E-state index contributed by atoms with van der Waals surface area (Å²) in [5, 5.41) is 3.00. The summed E-state index contributed by atoms with van der Waals surface area (Å²) in [5.41, 5.74) is 4.14. The predicted octanol–water partition coefficient (Wildman–Crippen LogP) is 4.01. The number of hydrogen-bond donors (Lipinski definition) is 1. The molecular formula is C26H26FN3O. The molecule has 158 valence electrons. The molecule has 2 aliphatic heterocycles. The van der Waals surface area contributed by atoms with Crippen LogP contribution in [0.4, 0.5) is 15.8 Å². The minimum Gasteiger partial charge on any atom is -0.368 e. The van der Waals surface area contributed by atoms with Gasteiger partial charge >= 0.3 is 0 Å². The van der Waals surface area contributed by atoms with Gasteiger partial charge in [-0.25, -0.2) is 4.39 Å². The monoisotopic (exact) mass is 415 g/mol. The molecule has 0 saturated carbocycles. The summed E-state index contributed by atoms with van der Waals surface area (Å²) < 4.78 is 14.0. The lowest BCUT2D eigenvalue weighted by Crippen LogP contribution is -2.61. The van der Waals surface area contributed by atoms with Gasteiger partial charge in [0.2, 0.25) is 5.91 Å². The lowest BCUT2D eigenvalue weighted by Gasteiger charge is -2.49. The largest absolute Gasteiger partial charge is 0.368 e. The number of nitrogens with one attached hydrogen (secondary N) is 1. The van der Waals surface area contributed by atoms with E-state index >= 15 is 0 Å². The SMILES string of the molecule is O=C(NCc1ccccc1F)[C@@H]1Cc2ccccc2N2CCN(c3ccccc3)C[C@@H]12. The summed E-state index contributed by atoms with van der Waals surface area (Å²) in [7, 11) is 0. The Labute approximate surface area is 182 Å². The number of rotatable bonds is 4. The fourth-order valence-corrected chi connectivity index (χ4v) is 4.89. The lowest BCUT2D eigenvalue weighted by atomic mass is 9.83. The smallest absolute Gasteiger partial charge is 0.225 e. The van der Waals surface area contributed by atoms with E-state index in [1.807, 2.05) is 12.1 Å². The van der Waals surface area contributed by atoms with E-state index in [9.17, 15) is 9.18 Å². The number of benzene rings is 3. The van der Waals surface area contributed by atoms with Crippen molar-refractivity contribution in [1.82, 2.24) is 5.32 Å². The van der Waals surface area contributed by atoms with Gasteiger partial charge in [0.1, 0.15) is 5.82 Å². The van der Waals surface area contributed by atoms with Crippen molar-refractivity contribution in [3.05, 3.63) is 95.8 Å². The topological polar surface area (TPSA) is 35.6 Å². The fourth-order valence-electron chi connectivity index (χ4n) is 4.89. The van der Waals surface area contributed by atoms with Gasteiger partial charge in [0.15, 0.2) is 0 Å². The molecule has 2 atom stereocenters. The number of hydrogen-bond acceptors (Lipinski definition) is 3. The molecule has 0 spiro atoms. The van der Waals surface area contributed by atoms with Gasteiger partial charge in [-0.3, -0.25) is 4.79 Å². The molecule has 5 rings (SSSR count). The zero-order chi connectivity index (χ0) is 21.2. The van der Waals surface area contributed by atoms with Gasteiger partial charge in [-0.2, -0.15) is 0 Å². The Morgan fingerprint density at radius 3 is 2.52 bits per heavy atom. The van der Waals surface area contributed by atoms with Gasteiger partial charge in [0.25, 0.3) is 0 Å². The normalized spacial score (nSPS) is 20.0. The van der Waals surface area contributed by atoms with Gasteiger partial charge < -0.3 is 15.1 Å². The third kappa shape index (κ3) is 3.88. The second-order valence-corrected chi connectivity index (χ2v) is 8.29. The van der Waals surface area contributed by atoms with Crippen molar-refractivity contribution in [2.24, 2.45) is 5.92 Å². The van der Waals surface area contributed by atoms with E-state index in [-0.39, 0.29) is 30.2 Å². The van der Waals surface area contributed by atoms with Crippen LogP contribution in [0.2, 0.25) is 0 Å². The van der Waals surface area contributed by atoms with E-state index in [1.54, 1.807) is 18.2 Å². The molecule has 2 heterocycles. The van der Waals surface area contributed by atoms with Crippen molar-refractivity contribution < 1.29 is 9.18 Å². The Balaban J connectivity index is 1.40. The highest BCUT2D eigenvalue weighted by Gasteiger charge is 2.41. The number of nitrogens with zero attached hydrogens (tertiary/aromatic N) is 2. The van der Waals surface area contributed by atoms with E-state index in [1.165, 1.54) is 23.0 Å². The minimum atomic E-state index is -0.286. The molecular weight excluding hydrogens is 389 g/mol. The maximum Gasteiger partial charge on any atom is 0.225 e. The molecule has 5 heteroatoms. The number of halogens is 1. The van der Waals surface area contributed by atoms with E-state index in [0.717, 1.165) is 19.6 Å². The quantitative estimate of drug-likeness (QED) is 0.699. The molecule has 1 N–H and O–H groups in total. The van der Waals surface area contributed by atoms with Gasteiger partial charge in [0, 0.05) is 43.1 Å². The van der Waals surface area contributed by atoms with Crippen molar-refractivity contribution in [3.63, 3.8) is 0 Å². The van der Waals surface area contributed by atoms with Crippen LogP contribution in [0.1, 0.15) is 11.1 Å². The summed E-state index contributed by atoms with van der Waals surface area (Å²) in [5.74, 6) is -0.484. The maximum atomic E-state index is 14.0. The average Bonchev–Trinajstić information content (AvgIpc) is 2.83. The van der Waals surface area contributed by atoms with Crippen LogP contribution in [0.15, 0.2) is 78.9 Å². The molecule has 0 bridgehead atoms. The van der Waals surface area contributed by atoms with E-state index in [0.29, 0.717) is 12.0 Å². The minimum absolute atomic E-state index is 0.0114. The number of amides is 1. The highest BCUT2D eigenvalue weighted by molar-refractivity contribution is 5.82. The molecule has 3 aromatic carbocycles. The van der Waals surface area contributed by atoms with E-state index in [2.05, 4.69) is 57.6 Å². The summed E-state index contributed by atoms with van der Waals surface area (Å²) in [4.78, 5) is 18.1. The van der Waals surface area contributed by atoms with Gasteiger partial charge in [-0.1, -0.05) is 54.6 Å². The number of carbonyl (C=O) groups excluding carboxylic acids is 1. The highest BCUT2D eigenvalue weighted by atomic mass is 19.1. The van der Waals surface area contributed by atoms with Gasteiger partial charge in [-0.05, 0) is 36.2 Å². The first kappa shape index (κ1) is 19.6. The third-order valence-corrected chi connectivity index (χ3v) is 6.49. The van der Waals surface area contributed by atoms with Crippen LogP contribution in [0, 0.1) is 11.7 Å². The zero-order valence-corrected chi connectivity index (χ0v) is 17.4. The Morgan fingerprint density at radius 2 is 1.68 bits per heavy atom. The Bertz CT molecular complexity index is 1070. The van der Waals surface area contributed by atoms with Gasteiger partial charge in [-0.15, -0.1) is 0 Å². The molecule has 0 aliphatic carbocycles. The fraction of sp³-hybridized carbons (Fsp3) is 0.269. The number of para-hydroxylation sites is 2. The first-order chi connectivity index (χ1) is 15.2. The molecule has 0 aromatic heterocycles. The summed E-state index contributed by atoms with van der Waals surface area (Å²) in [6.07, 6.45) is 0.697. The maximum absolute atomic E-state index is 14.0. The molecule has 0 unspecified atom stereocenters.